The van der Waals surface area contributed by atoms with E-state index in [0.717, 1.165) is 41.1 Å². The number of nitriles is 1. The summed E-state index contributed by atoms with van der Waals surface area (Å²) in [7, 11) is 1.53. The highest BCUT2D eigenvalue weighted by molar-refractivity contribution is 7.15. The van der Waals surface area contributed by atoms with E-state index in [1.54, 1.807) is 18.2 Å². The van der Waals surface area contributed by atoms with E-state index in [1.165, 1.54) is 24.5 Å². The lowest BCUT2D eigenvalue weighted by atomic mass is 10.1. The number of nitrogens with one attached hydrogen (secondary N) is 1. The monoisotopic (exact) mass is 506 g/mol. The van der Waals surface area contributed by atoms with Gasteiger partial charge in [-0.05, 0) is 55.2 Å². The van der Waals surface area contributed by atoms with E-state index in [-0.39, 0.29) is 5.57 Å². The summed E-state index contributed by atoms with van der Waals surface area (Å²) in [6.07, 6.45) is 4.37. The van der Waals surface area contributed by atoms with Gasteiger partial charge in [0.05, 0.1) is 7.11 Å². The molecular weight excluding hydrogens is 476 g/mol. The number of aryl methyl sites for hydroxylation is 3. The van der Waals surface area contributed by atoms with Gasteiger partial charge < -0.3 is 14.2 Å². The molecule has 8 nitrogen and oxygen atoms in total. The lowest BCUT2D eigenvalue weighted by molar-refractivity contribution is -0.112. The van der Waals surface area contributed by atoms with Gasteiger partial charge in [0.1, 0.15) is 35.6 Å². The largest absolute Gasteiger partial charge is 0.493 e. The summed E-state index contributed by atoms with van der Waals surface area (Å²) >= 11 is 1.32. The van der Waals surface area contributed by atoms with Crippen molar-refractivity contribution in [2.45, 2.75) is 40.0 Å². The third kappa shape index (κ3) is 7.30. The van der Waals surface area contributed by atoms with Crippen molar-refractivity contribution in [1.29, 1.82) is 5.26 Å². The zero-order chi connectivity index (χ0) is 25.9. The van der Waals surface area contributed by atoms with E-state index in [0.29, 0.717) is 35.4 Å². The highest BCUT2D eigenvalue weighted by Gasteiger charge is 2.14. The molecule has 3 rings (SSSR count). The second-order valence-electron chi connectivity index (χ2n) is 8.06. The first-order valence-corrected chi connectivity index (χ1v) is 12.5. The molecule has 0 radical (unpaired) electrons. The minimum absolute atomic E-state index is 0.0574. The Bertz CT molecular complexity index is 1240. The summed E-state index contributed by atoms with van der Waals surface area (Å²) in [5.74, 6) is 1.34. The quantitative estimate of drug-likeness (QED) is 0.196. The number of unbranched alkanes of at least 4 members (excludes halogenated alkanes) is 1. The molecule has 0 aliphatic carbocycles. The Morgan fingerprint density at radius 3 is 2.56 bits per heavy atom. The maximum Gasteiger partial charge on any atom is 0.268 e. The second kappa shape index (κ2) is 13.3. The van der Waals surface area contributed by atoms with Gasteiger partial charge in [-0.1, -0.05) is 48.9 Å². The predicted molar refractivity (Wildman–Crippen MR) is 141 cm³/mol. The molecule has 36 heavy (non-hydrogen) atoms. The van der Waals surface area contributed by atoms with E-state index >= 15 is 0 Å². The van der Waals surface area contributed by atoms with Gasteiger partial charge in [-0.2, -0.15) is 5.26 Å². The van der Waals surface area contributed by atoms with Crippen molar-refractivity contribution in [1.82, 2.24) is 10.2 Å². The Kier molecular flexibility index (Phi) is 9.83. The molecule has 1 aromatic heterocycles. The summed E-state index contributed by atoms with van der Waals surface area (Å²) < 4.78 is 17.2. The molecule has 0 spiro atoms. The molecule has 0 bridgehead atoms. The van der Waals surface area contributed by atoms with Gasteiger partial charge in [-0.3, -0.25) is 10.1 Å². The van der Waals surface area contributed by atoms with Crippen molar-refractivity contribution in [2.75, 3.05) is 25.6 Å². The van der Waals surface area contributed by atoms with Crippen molar-refractivity contribution < 1.29 is 19.0 Å². The minimum atomic E-state index is -0.543. The average Bonchev–Trinajstić information content (AvgIpc) is 3.32. The standard InChI is InChI=1S/C27H30N4O4S/c1-5-6-10-24-30-31-27(36-24)29-26(32)21(17-28)15-20-11-12-22(23(16-20)33-4)34-13-14-35-25-18(2)8-7-9-19(25)3/h7-9,11-12,15-16H,5-6,10,13-14H2,1-4H3,(H,29,31,32)/b21-15-. The van der Waals surface area contributed by atoms with Gasteiger partial charge in [-0.25, -0.2) is 0 Å². The maximum atomic E-state index is 12.6. The first-order valence-electron chi connectivity index (χ1n) is 11.7. The van der Waals surface area contributed by atoms with Crippen LogP contribution in [-0.4, -0.2) is 36.4 Å². The van der Waals surface area contributed by atoms with Gasteiger partial charge >= 0.3 is 0 Å². The molecule has 9 heteroatoms. The Labute approximate surface area is 215 Å². The van der Waals surface area contributed by atoms with E-state index in [2.05, 4.69) is 22.4 Å². The number of aromatic nitrogens is 2. The highest BCUT2D eigenvalue weighted by Crippen LogP contribution is 2.29. The molecule has 0 aliphatic rings. The number of para-hydroxylation sites is 1. The molecule has 3 aromatic rings. The fraction of sp³-hybridized carbons (Fsp3) is 0.333. The number of hydrogen-bond acceptors (Lipinski definition) is 8. The number of anilines is 1. The normalized spacial score (nSPS) is 11.0. The molecule has 0 aliphatic heterocycles. The Morgan fingerprint density at radius 2 is 1.86 bits per heavy atom. The number of hydrogen-bond donors (Lipinski definition) is 1. The molecule has 0 fully saturated rings. The van der Waals surface area contributed by atoms with Crippen LogP contribution in [-0.2, 0) is 11.2 Å². The van der Waals surface area contributed by atoms with Crippen LogP contribution in [0.15, 0.2) is 42.0 Å². The Balaban J connectivity index is 1.62. The maximum absolute atomic E-state index is 12.6. The van der Waals surface area contributed by atoms with Gasteiger partial charge in [0, 0.05) is 6.42 Å². The second-order valence-corrected chi connectivity index (χ2v) is 9.12. The van der Waals surface area contributed by atoms with Gasteiger partial charge in [0.2, 0.25) is 5.13 Å². The summed E-state index contributed by atoms with van der Waals surface area (Å²) in [6, 6.07) is 13.2. The first kappa shape index (κ1) is 26.7. The van der Waals surface area contributed by atoms with Crippen LogP contribution < -0.4 is 19.5 Å². The molecule has 1 N–H and O–H groups in total. The van der Waals surface area contributed by atoms with Crippen LogP contribution in [0.3, 0.4) is 0 Å². The molecule has 0 saturated carbocycles. The number of amides is 1. The van der Waals surface area contributed by atoms with Crippen LogP contribution in [0.4, 0.5) is 5.13 Å². The van der Waals surface area contributed by atoms with Gasteiger partial charge in [0.15, 0.2) is 11.5 Å². The van der Waals surface area contributed by atoms with Crippen LogP contribution in [0.2, 0.25) is 0 Å². The lowest BCUT2D eigenvalue weighted by Gasteiger charge is -2.14. The van der Waals surface area contributed by atoms with Crippen LogP contribution >= 0.6 is 11.3 Å². The molecule has 0 atom stereocenters. The van der Waals surface area contributed by atoms with E-state index in [1.807, 2.05) is 38.1 Å². The molecule has 2 aromatic carbocycles. The molecular formula is C27H30N4O4S. The minimum Gasteiger partial charge on any atom is -0.493 e. The molecule has 0 saturated heterocycles. The lowest BCUT2D eigenvalue weighted by Crippen LogP contribution is -2.13. The third-order valence-electron chi connectivity index (χ3n) is 5.29. The number of methoxy groups -OCH3 is 1. The van der Waals surface area contributed by atoms with Gasteiger partial charge in [-0.15, -0.1) is 10.2 Å². The third-order valence-corrected chi connectivity index (χ3v) is 6.19. The van der Waals surface area contributed by atoms with Crippen molar-refractivity contribution in [2.24, 2.45) is 0 Å². The van der Waals surface area contributed by atoms with Crippen molar-refractivity contribution in [3.63, 3.8) is 0 Å². The SMILES string of the molecule is CCCCc1nnc(NC(=O)/C(C#N)=C\c2ccc(OCCOc3c(C)cccc3C)c(OC)c2)s1. The summed E-state index contributed by atoms with van der Waals surface area (Å²) in [5.41, 5.74) is 2.71. The fourth-order valence-electron chi connectivity index (χ4n) is 3.43. The molecule has 1 amide bonds. The summed E-state index contributed by atoms with van der Waals surface area (Å²) in [4.78, 5) is 12.6. The number of carbonyl (C=O) groups is 1. The van der Waals surface area contributed by atoms with Crippen LogP contribution in [0, 0.1) is 25.2 Å². The number of nitrogens with zero attached hydrogens (tertiary/aromatic N) is 3. The number of rotatable bonds is 12. The number of ether oxygens (including phenoxy) is 3. The summed E-state index contributed by atoms with van der Waals surface area (Å²) in [6.45, 7) is 6.82. The topological polar surface area (TPSA) is 106 Å². The molecule has 1 heterocycles. The Hall–Kier alpha value is -3.90. The molecule has 0 unspecified atom stereocenters. The van der Waals surface area contributed by atoms with E-state index < -0.39 is 5.91 Å². The first-order chi connectivity index (χ1) is 17.4. The fourth-order valence-corrected chi connectivity index (χ4v) is 4.20. The van der Waals surface area contributed by atoms with Gasteiger partial charge in [0.25, 0.3) is 5.91 Å². The number of benzene rings is 2. The van der Waals surface area contributed by atoms with E-state index in [4.69, 9.17) is 14.2 Å². The predicted octanol–water partition coefficient (Wildman–Crippen LogP) is 5.51. The van der Waals surface area contributed by atoms with E-state index in [9.17, 15) is 10.1 Å². The van der Waals surface area contributed by atoms with Crippen LogP contribution in [0.25, 0.3) is 6.08 Å². The Morgan fingerprint density at radius 1 is 1.11 bits per heavy atom. The van der Waals surface area contributed by atoms with Crippen molar-refractivity contribution in [3.8, 4) is 23.3 Å². The zero-order valence-corrected chi connectivity index (χ0v) is 21.8. The highest BCUT2D eigenvalue weighted by atomic mass is 32.1. The average molecular weight is 507 g/mol. The number of carbonyl (C=O) groups excluding carboxylic acids is 1. The van der Waals surface area contributed by atoms with Crippen LogP contribution in [0.5, 0.6) is 17.2 Å². The zero-order valence-electron chi connectivity index (χ0n) is 21.0. The smallest absolute Gasteiger partial charge is 0.268 e. The molecule has 188 valence electrons. The van der Waals surface area contributed by atoms with Crippen molar-refractivity contribution in [3.05, 3.63) is 63.7 Å². The summed E-state index contributed by atoms with van der Waals surface area (Å²) in [5, 5.41) is 21.5. The van der Waals surface area contributed by atoms with Crippen LogP contribution in [0.1, 0.15) is 41.5 Å². The van der Waals surface area contributed by atoms with Crippen molar-refractivity contribution >= 4 is 28.5 Å².